The van der Waals surface area contributed by atoms with Crippen molar-refractivity contribution in [1.82, 2.24) is 15.1 Å². The maximum absolute atomic E-state index is 12.5. The van der Waals surface area contributed by atoms with Gasteiger partial charge in [-0.3, -0.25) is 14.5 Å². The molecule has 0 unspecified atom stereocenters. The quantitative estimate of drug-likeness (QED) is 0.743. The predicted octanol–water partition coefficient (Wildman–Crippen LogP) is 3.44. The molecule has 2 amide bonds. The molecule has 0 atom stereocenters. The van der Waals surface area contributed by atoms with Crippen LogP contribution in [0, 0.1) is 5.41 Å². The summed E-state index contributed by atoms with van der Waals surface area (Å²) < 4.78 is 0. The van der Waals surface area contributed by atoms with Crippen molar-refractivity contribution in [3.8, 4) is 0 Å². The highest BCUT2D eigenvalue weighted by Gasteiger charge is 2.27. The Morgan fingerprint density at radius 3 is 2.32 bits per heavy atom. The summed E-state index contributed by atoms with van der Waals surface area (Å²) in [4.78, 5) is 29.2. The van der Waals surface area contributed by atoms with Crippen LogP contribution >= 0.6 is 0 Å². The van der Waals surface area contributed by atoms with Crippen molar-refractivity contribution in [2.24, 2.45) is 5.41 Å². The molecule has 1 N–H and O–H groups in total. The van der Waals surface area contributed by atoms with Gasteiger partial charge >= 0.3 is 0 Å². The normalized spacial score (nSPS) is 16.0. The van der Waals surface area contributed by atoms with Gasteiger partial charge in [0.2, 0.25) is 11.8 Å². The average molecular weight is 388 g/mol. The Morgan fingerprint density at radius 2 is 1.75 bits per heavy atom. The van der Waals surface area contributed by atoms with E-state index in [9.17, 15) is 9.59 Å². The lowest BCUT2D eigenvalue weighted by atomic mass is 9.94. The number of nitrogens with one attached hydrogen (secondary N) is 1. The third-order valence-electron chi connectivity index (χ3n) is 5.23. The topological polar surface area (TPSA) is 52.7 Å². The van der Waals surface area contributed by atoms with E-state index in [1.54, 1.807) is 0 Å². The number of likely N-dealkylation sites (tertiary alicyclic amines) is 1. The molecule has 1 aromatic rings. The third kappa shape index (κ3) is 7.27. The molecule has 0 spiro atoms. The third-order valence-corrected chi connectivity index (χ3v) is 5.23. The van der Waals surface area contributed by atoms with Crippen molar-refractivity contribution in [3.05, 3.63) is 35.9 Å². The Bertz CT molecular complexity index is 616. The first-order valence-corrected chi connectivity index (χ1v) is 10.6. The second-order valence-corrected chi connectivity index (χ2v) is 8.90. The molecule has 5 heteroatoms. The maximum atomic E-state index is 12.5. The van der Waals surface area contributed by atoms with E-state index >= 15 is 0 Å². The van der Waals surface area contributed by atoms with Gasteiger partial charge in [0.05, 0.1) is 0 Å². The first-order valence-electron chi connectivity index (χ1n) is 10.6. The van der Waals surface area contributed by atoms with E-state index in [4.69, 9.17) is 0 Å². The molecule has 0 aromatic heterocycles. The number of rotatable bonds is 8. The number of amides is 2. The van der Waals surface area contributed by atoms with Gasteiger partial charge in [0.15, 0.2) is 0 Å². The standard InChI is InChI=1S/C23H37N3O2/c1-5-14-26(22(28)23(2,3)4)17-13-21(27)24-20-11-15-25(16-12-20)18-19-9-7-6-8-10-19/h6-10,20H,5,11-18H2,1-4H3,(H,24,27). The molecule has 1 aromatic carbocycles. The zero-order valence-electron chi connectivity index (χ0n) is 18.0. The summed E-state index contributed by atoms with van der Waals surface area (Å²) >= 11 is 0. The summed E-state index contributed by atoms with van der Waals surface area (Å²) in [6.45, 7) is 12.1. The van der Waals surface area contributed by atoms with Crippen LogP contribution in [0.15, 0.2) is 30.3 Å². The SMILES string of the molecule is CCCN(CCC(=O)NC1CCN(Cc2ccccc2)CC1)C(=O)C(C)(C)C. The second kappa shape index (κ2) is 10.6. The number of nitrogens with zero attached hydrogens (tertiary/aromatic N) is 2. The van der Waals surface area contributed by atoms with Gasteiger partial charge in [-0.2, -0.15) is 0 Å². The summed E-state index contributed by atoms with van der Waals surface area (Å²) in [5.74, 6) is 0.181. The van der Waals surface area contributed by atoms with Crippen LogP contribution in [0.2, 0.25) is 0 Å². The fraction of sp³-hybridized carbons (Fsp3) is 0.652. The van der Waals surface area contributed by atoms with Crippen LogP contribution in [0.25, 0.3) is 0 Å². The van der Waals surface area contributed by atoms with Gasteiger partial charge in [-0.05, 0) is 24.8 Å². The molecular weight excluding hydrogens is 350 g/mol. The van der Waals surface area contributed by atoms with E-state index < -0.39 is 5.41 Å². The fourth-order valence-corrected chi connectivity index (χ4v) is 3.67. The van der Waals surface area contributed by atoms with E-state index in [2.05, 4.69) is 41.4 Å². The van der Waals surface area contributed by atoms with Crippen molar-refractivity contribution in [2.75, 3.05) is 26.2 Å². The second-order valence-electron chi connectivity index (χ2n) is 8.90. The predicted molar refractivity (Wildman–Crippen MR) is 114 cm³/mol. The molecule has 0 radical (unpaired) electrons. The lowest BCUT2D eigenvalue weighted by molar-refractivity contribution is -0.140. The highest BCUT2D eigenvalue weighted by atomic mass is 16.2. The van der Waals surface area contributed by atoms with Crippen LogP contribution < -0.4 is 5.32 Å². The van der Waals surface area contributed by atoms with Crippen LogP contribution in [0.5, 0.6) is 0 Å². The Balaban J connectivity index is 1.72. The summed E-state index contributed by atoms with van der Waals surface area (Å²) in [7, 11) is 0. The summed E-state index contributed by atoms with van der Waals surface area (Å²) in [5, 5.41) is 3.17. The summed E-state index contributed by atoms with van der Waals surface area (Å²) in [6, 6.07) is 10.8. The highest BCUT2D eigenvalue weighted by Crippen LogP contribution is 2.18. The smallest absolute Gasteiger partial charge is 0.227 e. The molecular formula is C23H37N3O2. The van der Waals surface area contributed by atoms with Crippen molar-refractivity contribution in [2.45, 2.75) is 66.0 Å². The van der Waals surface area contributed by atoms with Crippen molar-refractivity contribution >= 4 is 11.8 Å². The molecule has 1 saturated heterocycles. The van der Waals surface area contributed by atoms with E-state index in [0.717, 1.165) is 38.9 Å². The number of hydrogen-bond acceptors (Lipinski definition) is 3. The van der Waals surface area contributed by atoms with Gasteiger partial charge in [0, 0.05) is 50.6 Å². The van der Waals surface area contributed by atoms with Crippen molar-refractivity contribution in [3.63, 3.8) is 0 Å². The van der Waals surface area contributed by atoms with Crippen molar-refractivity contribution < 1.29 is 9.59 Å². The minimum Gasteiger partial charge on any atom is -0.353 e. The highest BCUT2D eigenvalue weighted by molar-refractivity contribution is 5.82. The van der Waals surface area contributed by atoms with Crippen LogP contribution in [0.1, 0.15) is 58.9 Å². The van der Waals surface area contributed by atoms with Gasteiger partial charge in [0.1, 0.15) is 0 Å². The lowest BCUT2D eigenvalue weighted by Gasteiger charge is -2.33. The molecule has 0 bridgehead atoms. The molecule has 5 nitrogen and oxygen atoms in total. The molecule has 1 aliphatic heterocycles. The van der Waals surface area contributed by atoms with E-state index in [0.29, 0.717) is 19.5 Å². The zero-order valence-corrected chi connectivity index (χ0v) is 18.0. The number of carbonyl (C=O) groups excluding carboxylic acids is 2. The summed E-state index contributed by atoms with van der Waals surface area (Å²) in [6.07, 6.45) is 3.26. The van der Waals surface area contributed by atoms with Crippen molar-refractivity contribution in [1.29, 1.82) is 0 Å². The number of hydrogen-bond donors (Lipinski definition) is 1. The molecule has 0 aliphatic carbocycles. The van der Waals surface area contributed by atoms with Gasteiger partial charge in [-0.15, -0.1) is 0 Å². The zero-order chi connectivity index (χ0) is 20.6. The first kappa shape index (κ1) is 22.4. The minimum absolute atomic E-state index is 0.0596. The first-order chi connectivity index (χ1) is 13.3. The van der Waals surface area contributed by atoms with E-state index in [1.165, 1.54) is 5.56 Å². The largest absolute Gasteiger partial charge is 0.353 e. The molecule has 28 heavy (non-hydrogen) atoms. The van der Waals surface area contributed by atoms with Crippen LogP contribution in [0.3, 0.4) is 0 Å². The molecule has 1 aliphatic rings. The van der Waals surface area contributed by atoms with E-state index in [1.807, 2.05) is 31.7 Å². The van der Waals surface area contributed by atoms with Gasteiger partial charge in [-0.25, -0.2) is 0 Å². The fourth-order valence-electron chi connectivity index (χ4n) is 3.67. The molecule has 0 saturated carbocycles. The number of carbonyl (C=O) groups is 2. The molecule has 1 fully saturated rings. The van der Waals surface area contributed by atoms with Gasteiger partial charge < -0.3 is 10.2 Å². The Hall–Kier alpha value is -1.88. The van der Waals surface area contributed by atoms with Gasteiger partial charge in [-0.1, -0.05) is 58.0 Å². The van der Waals surface area contributed by atoms with E-state index in [-0.39, 0.29) is 17.9 Å². The monoisotopic (exact) mass is 387 g/mol. The Morgan fingerprint density at radius 1 is 1.11 bits per heavy atom. The van der Waals surface area contributed by atoms with Gasteiger partial charge in [0.25, 0.3) is 0 Å². The molecule has 156 valence electrons. The Labute approximate surface area is 170 Å². The number of piperidine rings is 1. The summed E-state index contributed by atoms with van der Waals surface area (Å²) in [5.41, 5.74) is 0.932. The Kier molecular flexibility index (Phi) is 8.49. The maximum Gasteiger partial charge on any atom is 0.227 e. The lowest BCUT2D eigenvalue weighted by Crippen LogP contribution is -2.46. The average Bonchev–Trinajstić information content (AvgIpc) is 2.66. The minimum atomic E-state index is -0.406. The molecule has 1 heterocycles. The van der Waals surface area contributed by atoms with Crippen LogP contribution in [-0.2, 0) is 16.1 Å². The van der Waals surface area contributed by atoms with Crippen LogP contribution in [-0.4, -0.2) is 53.8 Å². The van der Waals surface area contributed by atoms with Crippen LogP contribution in [0.4, 0.5) is 0 Å². The number of benzene rings is 1. The molecule has 2 rings (SSSR count).